The van der Waals surface area contributed by atoms with Crippen LogP contribution in [0.5, 0.6) is 0 Å². The van der Waals surface area contributed by atoms with Crippen LogP contribution in [0.4, 0.5) is 0 Å². The number of hydrogen-bond donors (Lipinski definition) is 0. The molecule has 0 atom stereocenters. The summed E-state index contributed by atoms with van der Waals surface area (Å²) < 4.78 is 5.57. The second-order valence-corrected chi connectivity index (χ2v) is 4.11. The minimum atomic E-state index is 0.795. The van der Waals surface area contributed by atoms with Gasteiger partial charge in [0.05, 0.1) is 0 Å². The summed E-state index contributed by atoms with van der Waals surface area (Å²) >= 11 is 3.38. The number of rotatable bonds is 3. The van der Waals surface area contributed by atoms with E-state index in [-0.39, 0.29) is 0 Å². The fourth-order valence-corrected chi connectivity index (χ4v) is 1.84. The third-order valence-corrected chi connectivity index (χ3v) is 2.59. The van der Waals surface area contributed by atoms with E-state index in [4.69, 9.17) is 4.42 Å². The zero-order chi connectivity index (χ0) is 10.7. The summed E-state index contributed by atoms with van der Waals surface area (Å²) in [5, 5.41) is 0.876. The summed E-state index contributed by atoms with van der Waals surface area (Å²) in [5.41, 5.74) is 2.06. The topological polar surface area (TPSA) is 26.0 Å². The normalized spacial score (nSPS) is 10.5. The van der Waals surface area contributed by atoms with Gasteiger partial charge in [0.25, 0.3) is 0 Å². The third-order valence-electron chi connectivity index (χ3n) is 2.20. The number of aryl methyl sites for hydroxylation is 2. The lowest BCUT2D eigenvalue weighted by Gasteiger charge is -1.94. The zero-order valence-corrected chi connectivity index (χ0v) is 10.1. The van der Waals surface area contributed by atoms with Crippen molar-refractivity contribution < 1.29 is 4.42 Å². The molecule has 0 unspecified atom stereocenters. The Morgan fingerprint density at radius 2 is 2.00 bits per heavy atom. The van der Waals surface area contributed by atoms with Crippen molar-refractivity contribution in [2.75, 3.05) is 5.33 Å². The largest absolute Gasteiger partial charge is 0.445 e. The molecule has 2 nitrogen and oxygen atoms in total. The molecule has 0 amide bonds. The molecule has 0 N–H and O–H groups in total. The second-order valence-electron chi connectivity index (χ2n) is 3.32. The van der Waals surface area contributed by atoms with Crippen LogP contribution < -0.4 is 0 Å². The maximum absolute atomic E-state index is 5.57. The highest BCUT2D eigenvalue weighted by atomic mass is 79.9. The van der Waals surface area contributed by atoms with E-state index in [2.05, 4.69) is 20.9 Å². The van der Waals surface area contributed by atoms with Gasteiger partial charge in [0, 0.05) is 17.3 Å². The van der Waals surface area contributed by atoms with Gasteiger partial charge in [-0.05, 0) is 6.92 Å². The van der Waals surface area contributed by atoms with Gasteiger partial charge in [-0.25, -0.2) is 4.98 Å². The highest BCUT2D eigenvalue weighted by Gasteiger charge is 2.10. The molecule has 2 rings (SSSR count). The molecule has 0 aliphatic carbocycles. The van der Waals surface area contributed by atoms with E-state index in [1.165, 1.54) is 0 Å². The SMILES string of the molecule is Cc1oc(CCBr)nc1-c1ccccc1. The third kappa shape index (κ3) is 2.29. The molecule has 0 spiro atoms. The Kier molecular flexibility index (Phi) is 3.21. The first-order valence-corrected chi connectivity index (χ1v) is 6.01. The first-order valence-electron chi connectivity index (χ1n) is 4.89. The molecule has 78 valence electrons. The molecule has 0 fully saturated rings. The van der Waals surface area contributed by atoms with Gasteiger partial charge in [0.1, 0.15) is 11.5 Å². The maximum Gasteiger partial charge on any atom is 0.195 e. The van der Waals surface area contributed by atoms with Gasteiger partial charge >= 0.3 is 0 Å². The average molecular weight is 266 g/mol. The van der Waals surface area contributed by atoms with E-state index in [0.717, 1.165) is 34.7 Å². The van der Waals surface area contributed by atoms with Gasteiger partial charge in [-0.1, -0.05) is 46.3 Å². The molecule has 1 aromatic heterocycles. The Balaban J connectivity index is 2.36. The summed E-state index contributed by atoms with van der Waals surface area (Å²) in [7, 11) is 0. The minimum Gasteiger partial charge on any atom is -0.445 e. The second kappa shape index (κ2) is 4.62. The Bertz CT molecular complexity index is 436. The number of oxazole rings is 1. The van der Waals surface area contributed by atoms with E-state index in [0.29, 0.717) is 0 Å². The fraction of sp³-hybridized carbons (Fsp3) is 0.250. The van der Waals surface area contributed by atoms with Crippen molar-refractivity contribution in [3.8, 4) is 11.3 Å². The van der Waals surface area contributed by atoms with Crippen molar-refractivity contribution in [1.29, 1.82) is 0 Å². The molecular weight excluding hydrogens is 254 g/mol. The Morgan fingerprint density at radius 1 is 1.27 bits per heavy atom. The highest BCUT2D eigenvalue weighted by molar-refractivity contribution is 9.09. The van der Waals surface area contributed by atoms with Crippen LogP contribution in [0, 0.1) is 6.92 Å². The summed E-state index contributed by atoms with van der Waals surface area (Å²) in [6, 6.07) is 10.1. The van der Waals surface area contributed by atoms with Gasteiger partial charge in [-0.15, -0.1) is 0 Å². The van der Waals surface area contributed by atoms with Gasteiger partial charge in [-0.3, -0.25) is 0 Å². The minimum absolute atomic E-state index is 0.795. The lowest BCUT2D eigenvalue weighted by atomic mass is 10.1. The van der Waals surface area contributed by atoms with Gasteiger partial charge in [-0.2, -0.15) is 0 Å². The van der Waals surface area contributed by atoms with Gasteiger partial charge in [0.2, 0.25) is 0 Å². The summed E-state index contributed by atoms with van der Waals surface area (Å²) in [6.45, 7) is 1.95. The number of benzene rings is 1. The molecule has 1 heterocycles. The van der Waals surface area contributed by atoms with Crippen molar-refractivity contribution in [2.45, 2.75) is 13.3 Å². The highest BCUT2D eigenvalue weighted by Crippen LogP contribution is 2.23. The van der Waals surface area contributed by atoms with Crippen molar-refractivity contribution in [3.63, 3.8) is 0 Å². The van der Waals surface area contributed by atoms with Crippen LogP contribution in [-0.2, 0) is 6.42 Å². The van der Waals surface area contributed by atoms with Crippen molar-refractivity contribution >= 4 is 15.9 Å². The monoisotopic (exact) mass is 265 g/mol. The number of hydrogen-bond acceptors (Lipinski definition) is 2. The number of nitrogens with zero attached hydrogens (tertiary/aromatic N) is 1. The van der Waals surface area contributed by atoms with Crippen molar-refractivity contribution in [1.82, 2.24) is 4.98 Å². The number of aromatic nitrogens is 1. The molecule has 0 aliphatic heterocycles. The Labute approximate surface area is 97.5 Å². The standard InChI is InChI=1S/C12H12BrNO/c1-9-12(10-5-3-2-4-6-10)14-11(15-9)7-8-13/h2-6H,7-8H2,1H3. The van der Waals surface area contributed by atoms with Gasteiger partial charge < -0.3 is 4.42 Å². The van der Waals surface area contributed by atoms with Crippen LogP contribution >= 0.6 is 15.9 Å². The molecule has 0 radical (unpaired) electrons. The maximum atomic E-state index is 5.57. The molecule has 0 bridgehead atoms. The van der Waals surface area contributed by atoms with E-state index in [9.17, 15) is 0 Å². The van der Waals surface area contributed by atoms with Crippen LogP contribution in [0.1, 0.15) is 11.7 Å². The Hall–Kier alpha value is -1.09. The predicted octanol–water partition coefficient (Wildman–Crippen LogP) is 3.59. The lowest BCUT2D eigenvalue weighted by Crippen LogP contribution is -1.85. The van der Waals surface area contributed by atoms with Crippen molar-refractivity contribution in [3.05, 3.63) is 42.0 Å². The molecule has 0 saturated carbocycles. The van der Waals surface area contributed by atoms with Crippen LogP contribution in [-0.4, -0.2) is 10.3 Å². The predicted molar refractivity (Wildman–Crippen MR) is 64.2 cm³/mol. The van der Waals surface area contributed by atoms with E-state index >= 15 is 0 Å². The fourth-order valence-electron chi connectivity index (χ4n) is 1.50. The first kappa shape index (κ1) is 10.4. The summed E-state index contributed by atoms with van der Waals surface area (Å²) in [4.78, 5) is 4.47. The average Bonchev–Trinajstić information content (AvgIpc) is 2.61. The zero-order valence-electron chi connectivity index (χ0n) is 8.53. The van der Waals surface area contributed by atoms with E-state index in [1.54, 1.807) is 0 Å². The molecular formula is C12H12BrNO. The van der Waals surface area contributed by atoms with Crippen LogP contribution in [0.3, 0.4) is 0 Å². The van der Waals surface area contributed by atoms with Crippen LogP contribution in [0.15, 0.2) is 34.7 Å². The smallest absolute Gasteiger partial charge is 0.195 e. The molecule has 0 saturated heterocycles. The summed E-state index contributed by atoms with van der Waals surface area (Å²) in [5.74, 6) is 1.68. The Morgan fingerprint density at radius 3 is 2.67 bits per heavy atom. The van der Waals surface area contributed by atoms with Crippen molar-refractivity contribution in [2.24, 2.45) is 0 Å². The number of alkyl halides is 1. The van der Waals surface area contributed by atoms with Crippen LogP contribution in [0.2, 0.25) is 0 Å². The summed E-state index contributed by atoms with van der Waals surface area (Å²) in [6.07, 6.45) is 0.827. The molecule has 15 heavy (non-hydrogen) atoms. The molecule has 3 heteroatoms. The molecule has 1 aromatic carbocycles. The first-order chi connectivity index (χ1) is 7.31. The van der Waals surface area contributed by atoms with E-state index in [1.807, 2.05) is 37.3 Å². The van der Waals surface area contributed by atoms with E-state index < -0.39 is 0 Å². The van der Waals surface area contributed by atoms with Crippen LogP contribution in [0.25, 0.3) is 11.3 Å². The molecule has 0 aliphatic rings. The number of halogens is 1. The molecule has 2 aromatic rings. The lowest BCUT2D eigenvalue weighted by molar-refractivity contribution is 0.479. The quantitative estimate of drug-likeness (QED) is 0.793. The van der Waals surface area contributed by atoms with Gasteiger partial charge in [0.15, 0.2) is 5.89 Å².